The normalized spacial score (nSPS) is 23.5. The fraction of sp³-hybridized carbons (Fsp3) is 0.333. The zero-order valence-electron chi connectivity index (χ0n) is 12.4. The van der Waals surface area contributed by atoms with Crippen molar-refractivity contribution in [3.8, 4) is 0 Å². The average molecular weight is 337 g/mol. The second-order valence-electron chi connectivity index (χ2n) is 5.81. The smallest absolute Gasteiger partial charge is 0.0476 e. The van der Waals surface area contributed by atoms with Gasteiger partial charge in [0.05, 0.1) is 0 Å². The monoisotopic (exact) mass is 336 g/mol. The van der Waals surface area contributed by atoms with Crippen LogP contribution in [-0.2, 0) is 0 Å². The van der Waals surface area contributed by atoms with Crippen molar-refractivity contribution in [3.05, 3.63) is 71.3 Å². The number of piperazine rings is 1. The molecule has 2 atom stereocenters. The number of hydrogen-bond donors (Lipinski definition) is 1. The van der Waals surface area contributed by atoms with E-state index in [-0.39, 0.29) is 24.8 Å². The fourth-order valence-electron chi connectivity index (χ4n) is 3.71. The molecule has 1 saturated heterocycles. The van der Waals surface area contributed by atoms with Gasteiger partial charge in [0.1, 0.15) is 0 Å². The molecule has 2 aliphatic heterocycles. The summed E-state index contributed by atoms with van der Waals surface area (Å²) in [5.74, 6) is 0.516. The Bertz CT molecular complexity index is 603. The predicted molar refractivity (Wildman–Crippen MR) is 96.4 cm³/mol. The van der Waals surface area contributed by atoms with Gasteiger partial charge in [0.25, 0.3) is 0 Å². The third-order valence-corrected chi connectivity index (χ3v) is 4.70. The summed E-state index contributed by atoms with van der Waals surface area (Å²) < 4.78 is 0. The summed E-state index contributed by atoms with van der Waals surface area (Å²) in [5.41, 5.74) is 4.47. The van der Waals surface area contributed by atoms with Crippen LogP contribution in [0.4, 0.5) is 0 Å². The summed E-state index contributed by atoms with van der Waals surface area (Å²) in [7, 11) is 0. The molecular formula is C18H22Cl2N2. The van der Waals surface area contributed by atoms with Crippen LogP contribution in [0.5, 0.6) is 0 Å². The third-order valence-electron chi connectivity index (χ3n) is 4.70. The first-order valence-corrected chi connectivity index (χ1v) is 7.52. The molecule has 0 radical (unpaired) electrons. The fourth-order valence-corrected chi connectivity index (χ4v) is 3.71. The van der Waals surface area contributed by atoms with Crippen molar-refractivity contribution in [1.29, 1.82) is 0 Å². The quantitative estimate of drug-likeness (QED) is 0.855. The van der Waals surface area contributed by atoms with Gasteiger partial charge in [0, 0.05) is 38.1 Å². The van der Waals surface area contributed by atoms with Crippen molar-refractivity contribution < 1.29 is 0 Å². The standard InChI is InChI=1S/C18H20N2.2ClH/c1-2-6-14(7-3-1)17-13-20-11-10-19-12-18(20)16-9-5-4-8-15(16)17;;/h1-9,17-19H,10-13H2;2*1H/t17-,18+;;/m0../s1. The zero-order chi connectivity index (χ0) is 13.4. The molecule has 0 aliphatic carbocycles. The molecule has 0 bridgehead atoms. The highest BCUT2D eigenvalue weighted by Crippen LogP contribution is 2.39. The van der Waals surface area contributed by atoms with Gasteiger partial charge in [0.15, 0.2) is 0 Å². The molecule has 1 fully saturated rings. The summed E-state index contributed by atoms with van der Waals surface area (Å²) in [6.45, 7) is 4.49. The Kier molecular flexibility index (Phi) is 5.87. The Balaban J connectivity index is 0.000000882. The summed E-state index contributed by atoms with van der Waals surface area (Å²) in [6, 6.07) is 20.5. The Hall–Kier alpha value is -1.06. The van der Waals surface area contributed by atoms with E-state index in [1.54, 1.807) is 0 Å². The maximum absolute atomic E-state index is 3.54. The van der Waals surface area contributed by atoms with Crippen molar-refractivity contribution in [1.82, 2.24) is 10.2 Å². The van der Waals surface area contributed by atoms with E-state index >= 15 is 0 Å². The van der Waals surface area contributed by atoms with Crippen molar-refractivity contribution in [2.75, 3.05) is 26.2 Å². The van der Waals surface area contributed by atoms with Crippen molar-refractivity contribution in [2.24, 2.45) is 0 Å². The summed E-state index contributed by atoms with van der Waals surface area (Å²) >= 11 is 0. The average Bonchev–Trinajstić information content (AvgIpc) is 2.55. The Labute approximate surface area is 144 Å². The second kappa shape index (κ2) is 7.47. The largest absolute Gasteiger partial charge is 0.314 e. The molecule has 0 saturated carbocycles. The molecule has 0 spiro atoms. The first-order chi connectivity index (χ1) is 9.93. The first kappa shape index (κ1) is 17.3. The van der Waals surface area contributed by atoms with Gasteiger partial charge in [-0.2, -0.15) is 0 Å². The van der Waals surface area contributed by atoms with E-state index in [2.05, 4.69) is 64.8 Å². The molecule has 0 amide bonds. The molecule has 0 aromatic heterocycles. The lowest BCUT2D eigenvalue weighted by atomic mass is 9.81. The first-order valence-electron chi connectivity index (χ1n) is 7.52. The molecular weight excluding hydrogens is 315 g/mol. The number of fused-ring (bicyclic) bond motifs is 3. The lowest BCUT2D eigenvalue weighted by molar-refractivity contribution is 0.143. The van der Waals surface area contributed by atoms with Crippen LogP contribution in [0.1, 0.15) is 28.7 Å². The molecule has 4 rings (SSSR count). The van der Waals surface area contributed by atoms with Crippen LogP contribution in [0, 0.1) is 0 Å². The number of nitrogens with zero attached hydrogens (tertiary/aromatic N) is 1. The molecule has 2 aromatic carbocycles. The lowest BCUT2D eigenvalue weighted by Crippen LogP contribution is -2.50. The van der Waals surface area contributed by atoms with E-state index in [1.165, 1.54) is 16.7 Å². The molecule has 118 valence electrons. The van der Waals surface area contributed by atoms with Crippen LogP contribution in [0.3, 0.4) is 0 Å². The van der Waals surface area contributed by atoms with Gasteiger partial charge in [0.2, 0.25) is 0 Å². The van der Waals surface area contributed by atoms with Gasteiger partial charge in [-0.3, -0.25) is 4.90 Å². The Morgan fingerprint density at radius 1 is 0.864 bits per heavy atom. The molecule has 4 heteroatoms. The van der Waals surface area contributed by atoms with Crippen molar-refractivity contribution >= 4 is 24.8 Å². The zero-order valence-corrected chi connectivity index (χ0v) is 14.1. The Morgan fingerprint density at radius 3 is 2.32 bits per heavy atom. The van der Waals surface area contributed by atoms with Gasteiger partial charge in [-0.15, -0.1) is 24.8 Å². The summed E-state index contributed by atoms with van der Waals surface area (Å²) in [6.07, 6.45) is 0. The molecule has 2 nitrogen and oxygen atoms in total. The van der Waals surface area contributed by atoms with Crippen LogP contribution in [0.25, 0.3) is 0 Å². The SMILES string of the molecule is Cl.Cl.c1ccc([C@@H]2CN3CCNC[C@@H]3c3ccccc32)cc1. The maximum Gasteiger partial charge on any atom is 0.0476 e. The van der Waals surface area contributed by atoms with Gasteiger partial charge >= 0.3 is 0 Å². The Morgan fingerprint density at radius 2 is 1.55 bits per heavy atom. The predicted octanol–water partition coefficient (Wildman–Crippen LogP) is 3.62. The van der Waals surface area contributed by atoms with Crippen LogP contribution >= 0.6 is 24.8 Å². The highest BCUT2D eigenvalue weighted by Gasteiger charge is 2.34. The van der Waals surface area contributed by atoms with Crippen molar-refractivity contribution in [3.63, 3.8) is 0 Å². The molecule has 0 unspecified atom stereocenters. The van der Waals surface area contributed by atoms with Crippen LogP contribution < -0.4 is 5.32 Å². The second-order valence-corrected chi connectivity index (χ2v) is 5.81. The van der Waals surface area contributed by atoms with Gasteiger partial charge < -0.3 is 5.32 Å². The number of nitrogens with one attached hydrogen (secondary N) is 1. The van der Waals surface area contributed by atoms with E-state index in [1.807, 2.05) is 0 Å². The molecule has 2 aromatic rings. The lowest BCUT2D eigenvalue weighted by Gasteiger charge is -2.44. The van der Waals surface area contributed by atoms with Gasteiger partial charge in [-0.25, -0.2) is 0 Å². The molecule has 22 heavy (non-hydrogen) atoms. The molecule has 2 aliphatic rings. The van der Waals surface area contributed by atoms with E-state index in [9.17, 15) is 0 Å². The minimum atomic E-state index is 0. The topological polar surface area (TPSA) is 15.3 Å². The molecule has 1 N–H and O–H groups in total. The van der Waals surface area contributed by atoms with E-state index in [0.717, 1.165) is 26.2 Å². The van der Waals surface area contributed by atoms with E-state index in [0.29, 0.717) is 12.0 Å². The van der Waals surface area contributed by atoms with Crippen LogP contribution in [0.2, 0.25) is 0 Å². The van der Waals surface area contributed by atoms with Crippen LogP contribution in [-0.4, -0.2) is 31.1 Å². The highest BCUT2D eigenvalue weighted by molar-refractivity contribution is 5.85. The number of hydrogen-bond acceptors (Lipinski definition) is 2. The summed E-state index contributed by atoms with van der Waals surface area (Å²) in [4.78, 5) is 2.65. The maximum atomic E-state index is 3.54. The van der Waals surface area contributed by atoms with E-state index in [4.69, 9.17) is 0 Å². The van der Waals surface area contributed by atoms with Crippen molar-refractivity contribution in [2.45, 2.75) is 12.0 Å². The summed E-state index contributed by atoms with van der Waals surface area (Å²) in [5, 5.41) is 3.54. The molecule has 2 heterocycles. The minimum Gasteiger partial charge on any atom is -0.314 e. The number of halogens is 2. The third kappa shape index (κ3) is 3.02. The van der Waals surface area contributed by atoms with E-state index < -0.39 is 0 Å². The van der Waals surface area contributed by atoms with Crippen LogP contribution in [0.15, 0.2) is 54.6 Å². The number of rotatable bonds is 1. The van der Waals surface area contributed by atoms with Gasteiger partial charge in [-0.05, 0) is 16.7 Å². The minimum absolute atomic E-state index is 0. The van der Waals surface area contributed by atoms with Gasteiger partial charge in [-0.1, -0.05) is 54.6 Å². The number of benzene rings is 2. The highest BCUT2D eigenvalue weighted by atomic mass is 35.5.